The number of nitrogens with zero attached hydrogens (tertiary/aromatic N) is 2. The molecule has 6 heteroatoms. The molecule has 0 aliphatic carbocycles. The van der Waals surface area contributed by atoms with E-state index < -0.39 is 18.1 Å². The average molecular weight is 244 g/mol. The molecule has 0 fully saturated rings. The van der Waals surface area contributed by atoms with Gasteiger partial charge in [0.1, 0.15) is 17.1 Å². The minimum Gasteiger partial charge on any atom is -0.462 e. The third-order valence-corrected chi connectivity index (χ3v) is 2.04. The molecular formula is C11H14F2N2O2. The Balaban J connectivity index is 3.08. The Kier molecular flexibility index (Phi) is 4.93. The first-order valence-electron chi connectivity index (χ1n) is 5.41. The van der Waals surface area contributed by atoms with Crippen molar-refractivity contribution in [3.05, 3.63) is 23.3 Å². The molecule has 0 spiro atoms. The van der Waals surface area contributed by atoms with Gasteiger partial charge in [-0.25, -0.2) is 23.5 Å². The van der Waals surface area contributed by atoms with Gasteiger partial charge in [-0.05, 0) is 13.3 Å². The monoisotopic (exact) mass is 244 g/mol. The first-order chi connectivity index (χ1) is 8.10. The van der Waals surface area contributed by atoms with Gasteiger partial charge in [0, 0.05) is 12.6 Å². The van der Waals surface area contributed by atoms with E-state index in [4.69, 9.17) is 0 Å². The molecule has 1 heterocycles. The normalized spacial score (nSPS) is 10.6. The average Bonchev–Trinajstić information content (AvgIpc) is 2.29. The van der Waals surface area contributed by atoms with Crippen molar-refractivity contribution in [2.75, 3.05) is 6.61 Å². The van der Waals surface area contributed by atoms with Crippen LogP contribution in [0.25, 0.3) is 0 Å². The van der Waals surface area contributed by atoms with Crippen LogP contribution in [0.5, 0.6) is 0 Å². The van der Waals surface area contributed by atoms with Crippen LogP contribution in [-0.4, -0.2) is 22.5 Å². The fourth-order valence-corrected chi connectivity index (χ4v) is 1.31. The molecule has 0 saturated heterocycles. The second-order valence-corrected chi connectivity index (χ2v) is 3.36. The number of ether oxygens (including phenoxy) is 1. The molecule has 0 radical (unpaired) electrons. The van der Waals surface area contributed by atoms with E-state index in [0.29, 0.717) is 12.2 Å². The van der Waals surface area contributed by atoms with Crippen molar-refractivity contribution < 1.29 is 18.3 Å². The standard InChI is InChI=1S/C11H14F2N2O2/c1-3-5-8-14-6-7(11(16)17-4-2)9(15-8)10(12)13/h6,10H,3-5H2,1-2H3. The molecule has 1 aromatic heterocycles. The maximum Gasteiger partial charge on any atom is 0.341 e. The number of aryl methyl sites for hydroxylation is 1. The molecular weight excluding hydrogens is 230 g/mol. The first-order valence-corrected chi connectivity index (χ1v) is 5.41. The van der Waals surface area contributed by atoms with E-state index >= 15 is 0 Å². The molecule has 0 bridgehead atoms. The molecule has 0 aliphatic heterocycles. The number of aromatic nitrogens is 2. The Morgan fingerprint density at radius 2 is 2.18 bits per heavy atom. The highest BCUT2D eigenvalue weighted by atomic mass is 19.3. The topological polar surface area (TPSA) is 52.1 Å². The summed E-state index contributed by atoms with van der Waals surface area (Å²) in [5.41, 5.74) is -0.816. The molecule has 0 aromatic carbocycles. The zero-order valence-corrected chi connectivity index (χ0v) is 9.74. The highest BCUT2D eigenvalue weighted by molar-refractivity contribution is 5.90. The lowest BCUT2D eigenvalue weighted by atomic mass is 10.2. The molecule has 0 unspecified atom stereocenters. The molecule has 0 aliphatic rings. The lowest BCUT2D eigenvalue weighted by Crippen LogP contribution is -2.12. The van der Waals surface area contributed by atoms with E-state index in [2.05, 4.69) is 14.7 Å². The van der Waals surface area contributed by atoms with Crippen molar-refractivity contribution >= 4 is 5.97 Å². The van der Waals surface area contributed by atoms with E-state index in [1.54, 1.807) is 6.92 Å². The summed E-state index contributed by atoms with van der Waals surface area (Å²) in [6.45, 7) is 3.62. The smallest absolute Gasteiger partial charge is 0.341 e. The molecule has 0 atom stereocenters. The third kappa shape index (κ3) is 3.44. The summed E-state index contributed by atoms with van der Waals surface area (Å²) in [6.07, 6.45) is -0.449. The highest BCUT2D eigenvalue weighted by Crippen LogP contribution is 2.21. The summed E-state index contributed by atoms with van der Waals surface area (Å²) >= 11 is 0. The predicted octanol–water partition coefficient (Wildman–Crippen LogP) is 2.54. The molecule has 1 rings (SSSR count). The van der Waals surface area contributed by atoms with Gasteiger partial charge in [-0.2, -0.15) is 0 Å². The molecule has 0 amide bonds. The van der Waals surface area contributed by atoms with E-state index in [0.717, 1.165) is 12.6 Å². The van der Waals surface area contributed by atoms with Crippen LogP contribution in [0.1, 0.15) is 48.6 Å². The fourth-order valence-electron chi connectivity index (χ4n) is 1.31. The van der Waals surface area contributed by atoms with Gasteiger partial charge in [-0.3, -0.25) is 0 Å². The number of carbonyl (C=O) groups is 1. The molecule has 0 N–H and O–H groups in total. The predicted molar refractivity (Wildman–Crippen MR) is 56.9 cm³/mol. The van der Waals surface area contributed by atoms with Crippen LogP contribution in [0, 0.1) is 0 Å². The minimum absolute atomic E-state index is 0.123. The van der Waals surface area contributed by atoms with E-state index in [1.165, 1.54) is 0 Å². The SMILES string of the molecule is CCCc1ncc(C(=O)OCC)c(C(F)F)n1. The van der Waals surface area contributed by atoms with Gasteiger partial charge in [0.25, 0.3) is 6.43 Å². The summed E-state index contributed by atoms with van der Waals surface area (Å²) in [7, 11) is 0. The van der Waals surface area contributed by atoms with Crippen molar-refractivity contribution in [2.45, 2.75) is 33.1 Å². The number of hydrogen-bond donors (Lipinski definition) is 0. The summed E-state index contributed by atoms with van der Waals surface area (Å²) in [4.78, 5) is 19.0. The van der Waals surface area contributed by atoms with Crippen LogP contribution >= 0.6 is 0 Å². The Bertz CT molecular complexity index is 397. The summed E-state index contributed by atoms with van der Waals surface area (Å²) in [5.74, 6) is -0.498. The van der Waals surface area contributed by atoms with E-state index in [9.17, 15) is 13.6 Å². The van der Waals surface area contributed by atoms with E-state index in [-0.39, 0.29) is 12.2 Å². The van der Waals surface area contributed by atoms with Crippen molar-refractivity contribution in [2.24, 2.45) is 0 Å². The maximum atomic E-state index is 12.8. The Morgan fingerprint density at radius 1 is 1.47 bits per heavy atom. The van der Waals surface area contributed by atoms with Crippen LogP contribution < -0.4 is 0 Å². The Labute approximate surface area is 98.0 Å². The van der Waals surface area contributed by atoms with Gasteiger partial charge < -0.3 is 4.74 Å². The van der Waals surface area contributed by atoms with Gasteiger partial charge in [0.05, 0.1) is 6.61 Å². The van der Waals surface area contributed by atoms with Gasteiger partial charge in [0.15, 0.2) is 0 Å². The van der Waals surface area contributed by atoms with Crippen molar-refractivity contribution in [3.8, 4) is 0 Å². The maximum absolute atomic E-state index is 12.8. The van der Waals surface area contributed by atoms with Crippen LogP contribution in [-0.2, 0) is 11.2 Å². The van der Waals surface area contributed by atoms with Gasteiger partial charge >= 0.3 is 5.97 Å². The van der Waals surface area contributed by atoms with Crippen LogP contribution in [0.15, 0.2) is 6.20 Å². The summed E-state index contributed by atoms with van der Waals surface area (Å²) in [5, 5.41) is 0. The number of hydrogen-bond acceptors (Lipinski definition) is 4. The fraction of sp³-hybridized carbons (Fsp3) is 0.545. The van der Waals surface area contributed by atoms with E-state index in [1.807, 2.05) is 6.92 Å². The quantitative estimate of drug-likeness (QED) is 0.747. The highest BCUT2D eigenvalue weighted by Gasteiger charge is 2.22. The first kappa shape index (κ1) is 13.5. The minimum atomic E-state index is -2.81. The number of alkyl halides is 2. The molecule has 17 heavy (non-hydrogen) atoms. The number of carbonyl (C=O) groups excluding carboxylic acids is 1. The summed E-state index contributed by atoms with van der Waals surface area (Å²) < 4.78 is 30.2. The largest absolute Gasteiger partial charge is 0.462 e. The van der Waals surface area contributed by atoms with Gasteiger partial charge in [0.2, 0.25) is 0 Å². The second-order valence-electron chi connectivity index (χ2n) is 3.36. The lowest BCUT2D eigenvalue weighted by Gasteiger charge is -2.08. The third-order valence-electron chi connectivity index (χ3n) is 2.04. The van der Waals surface area contributed by atoms with Crippen molar-refractivity contribution in [1.82, 2.24) is 9.97 Å². The summed E-state index contributed by atoms with van der Waals surface area (Å²) in [6, 6.07) is 0. The lowest BCUT2D eigenvalue weighted by molar-refractivity contribution is 0.0512. The molecule has 0 saturated carbocycles. The van der Waals surface area contributed by atoms with Crippen LogP contribution in [0.3, 0.4) is 0 Å². The van der Waals surface area contributed by atoms with Gasteiger partial charge in [-0.1, -0.05) is 6.92 Å². The van der Waals surface area contributed by atoms with Crippen LogP contribution in [0.2, 0.25) is 0 Å². The Morgan fingerprint density at radius 3 is 2.71 bits per heavy atom. The van der Waals surface area contributed by atoms with Crippen LogP contribution in [0.4, 0.5) is 8.78 Å². The van der Waals surface area contributed by atoms with Crippen molar-refractivity contribution in [3.63, 3.8) is 0 Å². The number of rotatable bonds is 5. The molecule has 94 valence electrons. The number of halogens is 2. The van der Waals surface area contributed by atoms with Gasteiger partial charge in [-0.15, -0.1) is 0 Å². The zero-order chi connectivity index (χ0) is 12.8. The Hall–Kier alpha value is -1.59. The molecule has 1 aromatic rings. The second kappa shape index (κ2) is 6.22. The van der Waals surface area contributed by atoms with Crippen molar-refractivity contribution in [1.29, 1.82) is 0 Å². The number of esters is 1. The zero-order valence-electron chi connectivity index (χ0n) is 9.74. The molecule has 4 nitrogen and oxygen atoms in total.